The smallest absolute Gasteiger partial charge is 0.313 e. The van der Waals surface area contributed by atoms with E-state index in [1.54, 1.807) is 28.9 Å². The molecule has 3 amide bonds. The van der Waals surface area contributed by atoms with Crippen LogP contribution in [0.3, 0.4) is 0 Å². The van der Waals surface area contributed by atoms with Gasteiger partial charge < -0.3 is 29.7 Å². The summed E-state index contributed by atoms with van der Waals surface area (Å²) < 4.78 is 13.1. The molecule has 0 aliphatic carbocycles. The number of nitrogens with one attached hydrogen (secondary N) is 1. The van der Waals surface area contributed by atoms with E-state index in [1.165, 1.54) is 0 Å². The first-order valence-corrected chi connectivity index (χ1v) is 18.8. The third kappa shape index (κ3) is 7.71. The lowest BCUT2D eigenvalue weighted by atomic mass is 9.70. The Labute approximate surface area is 309 Å². The summed E-state index contributed by atoms with van der Waals surface area (Å²) >= 11 is 3.76. The Morgan fingerprint density at radius 1 is 1.14 bits per heavy atom. The SMILES string of the molecule is C=CCCC(=O)N[C@H](C)[C@@H](OC(=O)[C@H]1[C@@H]2O[C@@]3(CC2Br)[C@@H]1C(=O)N(CCCCCO)[C@@H]3C(=O)N(CC=C)c1cc(C)ccc1C)c1ccccc1. The Morgan fingerprint density at radius 3 is 2.57 bits per heavy atom. The van der Waals surface area contributed by atoms with Gasteiger partial charge in [-0.15, -0.1) is 13.2 Å². The lowest BCUT2D eigenvalue weighted by molar-refractivity contribution is -0.162. The molecule has 51 heavy (non-hydrogen) atoms. The maximum absolute atomic E-state index is 15.0. The van der Waals surface area contributed by atoms with Crippen LogP contribution < -0.4 is 10.2 Å². The number of likely N-dealkylation sites (tertiary alicyclic amines) is 1. The number of nitrogens with zero attached hydrogens (tertiary/aromatic N) is 2. The van der Waals surface area contributed by atoms with Crippen LogP contribution in [-0.2, 0) is 28.7 Å². The number of aryl methyl sites for hydroxylation is 2. The number of fused-ring (bicyclic) bond motifs is 1. The Hall–Kier alpha value is -3.80. The summed E-state index contributed by atoms with van der Waals surface area (Å²) in [4.78, 5) is 59.8. The summed E-state index contributed by atoms with van der Waals surface area (Å²) in [5.41, 5.74) is 2.02. The van der Waals surface area contributed by atoms with E-state index in [0.717, 1.165) is 16.8 Å². The number of carbonyl (C=O) groups excluding carboxylic acids is 4. The quantitative estimate of drug-likeness (QED) is 0.0946. The average Bonchev–Trinajstić information content (AvgIpc) is 3.71. The van der Waals surface area contributed by atoms with Crippen molar-refractivity contribution in [1.82, 2.24) is 10.2 Å². The van der Waals surface area contributed by atoms with Crippen molar-refractivity contribution < 1.29 is 33.8 Å². The number of aliphatic hydroxyl groups excluding tert-OH is 1. The zero-order valence-electron chi connectivity index (χ0n) is 29.8. The van der Waals surface area contributed by atoms with E-state index in [0.29, 0.717) is 37.7 Å². The maximum atomic E-state index is 15.0. The van der Waals surface area contributed by atoms with Crippen molar-refractivity contribution in [3.63, 3.8) is 0 Å². The Bertz CT molecular complexity index is 1620. The van der Waals surface area contributed by atoms with Crippen molar-refractivity contribution in [2.45, 2.75) is 94.0 Å². The van der Waals surface area contributed by atoms with E-state index < -0.39 is 47.7 Å². The summed E-state index contributed by atoms with van der Waals surface area (Å²) in [6.07, 6.45) is 4.71. The van der Waals surface area contributed by atoms with Gasteiger partial charge in [-0.3, -0.25) is 19.2 Å². The minimum absolute atomic E-state index is 0.0301. The van der Waals surface area contributed by atoms with E-state index in [9.17, 15) is 24.3 Å². The van der Waals surface area contributed by atoms with Gasteiger partial charge in [-0.1, -0.05) is 70.5 Å². The molecule has 5 rings (SSSR count). The summed E-state index contributed by atoms with van der Waals surface area (Å²) in [6.45, 7) is 13.8. The summed E-state index contributed by atoms with van der Waals surface area (Å²) in [5, 5.41) is 12.4. The first kappa shape index (κ1) is 38.4. The topological polar surface area (TPSA) is 125 Å². The number of hydrogen-bond donors (Lipinski definition) is 2. The average molecular weight is 765 g/mol. The standard InChI is InChI=1S/C40H50BrN3O7/c1-6-8-17-31(46)42-27(5)34(28-15-11-9-12-16-28)50-39(49)32-33-37(47)44(21-13-10-14-22-45)36(40(33)24-29(41)35(32)51-40)38(48)43(20-7-2)30-23-25(3)18-19-26(30)4/h6-7,9,11-12,15-16,18-19,23,27,29,32-36,45H,1-2,8,10,13-14,17,20-22,24H2,3-5H3,(H,42,46)/t27-,29?,32-,33+,34-,35-,36-,40+/m1/s1. The number of esters is 1. The zero-order valence-corrected chi connectivity index (χ0v) is 31.3. The normalized spacial score (nSPS) is 25.9. The molecule has 2 N–H and O–H groups in total. The second kappa shape index (κ2) is 16.7. The number of allylic oxidation sites excluding steroid dienone is 1. The number of rotatable bonds is 17. The first-order chi connectivity index (χ1) is 24.5. The van der Waals surface area contributed by atoms with Gasteiger partial charge in [0.15, 0.2) is 0 Å². The maximum Gasteiger partial charge on any atom is 0.313 e. The highest BCUT2D eigenvalue weighted by Crippen LogP contribution is 2.60. The van der Waals surface area contributed by atoms with E-state index in [2.05, 4.69) is 34.4 Å². The monoisotopic (exact) mass is 763 g/mol. The van der Waals surface area contributed by atoms with Crippen LogP contribution in [0.2, 0.25) is 0 Å². The molecule has 11 heteroatoms. The number of aliphatic hydroxyl groups is 1. The minimum atomic E-state index is -1.28. The van der Waals surface area contributed by atoms with Crippen molar-refractivity contribution in [1.29, 1.82) is 0 Å². The van der Waals surface area contributed by atoms with E-state index >= 15 is 0 Å². The molecule has 0 aromatic heterocycles. The molecule has 3 heterocycles. The molecule has 1 unspecified atom stereocenters. The van der Waals surface area contributed by atoms with Gasteiger partial charge in [0.05, 0.1) is 24.0 Å². The molecule has 8 atom stereocenters. The number of carbonyl (C=O) groups is 4. The van der Waals surface area contributed by atoms with Crippen molar-refractivity contribution >= 4 is 45.3 Å². The molecule has 3 aliphatic heterocycles. The second-order valence-electron chi connectivity index (χ2n) is 14.0. The Morgan fingerprint density at radius 2 is 1.88 bits per heavy atom. The molecule has 2 bridgehead atoms. The van der Waals surface area contributed by atoms with Gasteiger partial charge in [0, 0.05) is 36.6 Å². The zero-order chi connectivity index (χ0) is 36.9. The Kier molecular flexibility index (Phi) is 12.6. The Balaban J connectivity index is 1.51. The number of hydrogen-bond acceptors (Lipinski definition) is 7. The molecule has 0 saturated carbocycles. The lowest BCUT2D eigenvalue weighted by Gasteiger charge is -2.37. The first-order valence-electron chi connectivity index (χ1n) is 17.9. The van der Waals surface area contributed by atoms with Crippen LogP contribution in [0.15, 0.2) is 73.8 Å². The molecule has 3 saturated heterocycles. The van der Waals surface area contributed by atoms with Gasteiger partial charge in [0.1, 0.15) is 17.7 Å². The van der Waals surface area contributed by atoms with Crippen LogP contribution in [-0.4, -0.2) is 82.0 Å². The molecule has 10 nitrogen and oxygen atoms in total. The fraction of sp³-hybridized carbons (Fsp3) is 0.500. The fourth-order valence-corrected chi connectivity index (χ4v) is 8.97. The molecule has 274 valence electrons. The third-order valence-corrected chi connectivity index (χ3v) is 11.2. The molecular formula is C40H50BrN3O7. The highest BCUT2D eigenvalue weighted by atomic mass is 79.9. The second-order valence-corrected chi connectivity index (χ2v) is 15.1. The predicted octanol–water partition coefficient (Wildman–Crippen LogP) is 5.49. The number of alkyl halides is 1. The van der Waals surface area contributed by atoms with E-state index in [1.807, 2.05) is 62.4 Å². The van der Waals surface area contributed by atoms with Crippen LogP contribution in [0.25, 0.3) is 0 Å². The number of anilines is 1. The molecule has 2 aromatic carbocycles. The molecule has 3 aliphatic rings. The van der Waals surface area contributed by atoms with Gasteiger partial charge in [0.2, 0.25) is 11.8 Å². The van der Waals surface area contributed by atoms with Crippen LogP contribution in [0.4, 0.5) is 5.69 Å². The number of amides is 3. The molecule has 0 radical (unpaired) electrons. The van der Waals surface area contributed by atoms with Gasteiger partial charge in [0.25, 0.3) is 5.91 Å². The summed E-state index contributed by atoms with van der Waals surface area (Å²) in [5.74, 6) is -3.36. The van der Waals surface area contributed by atoms with Crippen molar-refractivity contribution in [2.75, 3.05) is 24.6 Å². The fourth-order valence-electron chi connectivity index (χ4n) is 8.02. The van der Waals surface area contributed by atoms with Gasteiger partial charge in [-0.25, -0.2) is 0 Å². The van der Waals surface area contributed by atoms with E-state index in [4.69, 9.17) is 9.47 Å². The molecule has 1 spiro atoms. The molecule has 3 fully saturated rings. The van der Waals surface area contributed by atoms with Gasteiger partial charge in [-0.2, -0.15) is 0 Å². The van der Waals surface area contributed by atoms with Crippen molar-refractivity contribution in [2.24, 2.45) is 11.8 Å². The summed E-state index contributed by atoms with van der Waals surface area (Å²) in [7, 11) is 0. The number of benzene rings is 2. The summed E-state index contributed by atoms with van der Waals surface area (Å²) in [6, 6.07) is 13.5. The predicted molar refractivity (Wildman–Crippen MR) is 199 cm³/mol. The van der Waals surface area contributed by atoms with Gasteiger partial charge in [-0.05, 0) is 75.6 Å². The number of ether oxygens (including phenoxy) is 2. The molecule has 2 aromatic rings. The molecular weight excluding hydrogens is 714 g/mol. The number of unbranched alkanes of at least 4 members (excludes halogenated alkanes) is 2. The third-order valence-electron chi connectivity index (χ3n) is 10.4. The highest BCUT2D eigenvalue weighted by molar-refractivity contribution is 9.09. The van der Waals surface area contributed by atoms with Crippen molar-refractivity contribution in [3.05, 3.63) is 90.5 Å². The highest BCUT2D eigenvalue weighted by Gasteiger charge is 2.77. The van der Waals surface area contributed by atoms with Crippen LogP contribution >= 0.6 is 15.9 Å². The number of halogens is 1. The van der Waals surface area contributed by atoms with Crippen LogP contribution in [0.1, 0.15) is 68.2 Å². The van der Waals surface area contributed by atoms with Crippen molar-refractivity contribution in [3.8, 4) is 0 Å². The van der Waals surface area contributed by atoms with Crippen LogP contribution in [0.5, 0.6) is 0 Å². The van der Waals surface area contributed by atoms with Gasteiger partial charge >= 0.3 is 5.97 Å². The van der Waals surface area contributed by atoms with E-state index in [-0.39, 0.29) is 48.7 Å². The largest absolute Gasteiger partial charge is 0.455 e. The minimum Gasteiger partial charge on any atom is -0.455 e. The lowest BCUT2D eigenvalue weighted by Crippen LogP contribution is -2.57. The van der Waals surface area contributed by atoms with Crippen LogP contribution in [0, 0.1) is 25.7 Å².